The third-order valence-electron chi connectivity index (χ3n) is 2.84. The summed E-state index contributed by atoms with van der Waals surface area (Å²) in [5, 5.41) is 0. The van der Waals surface area contributed by atoms with Crippen LogP contribution in [-0.4, -0.2) is 0 Å². The number of hydrogen-bond acceptors (Lipinski definition) is 0. The summed E-state index contributed by atoms with van der Waals surface area (Å²) in [6.07, 6.45) is 3.95. The summed E-state index contributed by atoms with van der Waals surface area (Å²) in [6, 6.07) is 6.89. The molecule has 0 spiro atoms. The van der Waals surface area contributed by atoms with Gasteiger partial charge in [0.25, 0.3) is 0 Å². The van der Waals surface area contributed by atoms with Crippen LogP contribution in [0.4, 0.5) is 0 Å². The lowest BCUT2D eigenvalue weighted by atomic mass is 9.84. The number of hydrogen-bond donors (Lipinski definition) is 0. The quantitative estimate of drug-likeness (QED) is 0.548. The summed E-state index contributed by atoms with van der Waals surface area (Å²) in [5.74, 6) is 0.889. The zero-order chi connectivity index (χ0) is 8.55. The minimum atomic E-state index is 0. The summed E-state index contributed by atoms with van der Waals surface area (Å²) in [4.78, 5) is 0. The van der Waals surface area contributed by atoms with E-state index in [4.69, 9.17) is 0 Å². The van der Waals surface area contributed by atoms with Gasteiger partial charge >= 0.3 is 0 Å². The fourth-order valence-corrected chi connectivity index (χ4v) is 2.07. The van der Waals surface area contributed by atoms with Gasteiger partial charge in [0.2, 0.25) is 0 Å². The van der Waals surface area contributed by atoms with Gasteiger partial charge in [-0.2, -0.15) is 0 Å². The molecule has 12 heavy (non-hydrogen) atoms. The highest BCUT2D eigenvalue weighted by Crippen LogP contribution is 2.25. The van der Waals surface area contributed by atoms with Crippen LogP contribution in [0.5, 0.6) is 0 Å². The number of fused-ring (bicyclic) bond motifs is 1. The lowest BCUT2D eigenvalue weighted by molar-refractivity contribution is 0.501. The topological polar surface area (TPSA) is 0 Å². The van der Waals surface area contributed by atoms with Crippen LogP contribution >= 0.6 is 0 Å². The largest absolute Gasteiger partial charge is 0.0622 e. The lowest BCUT2D eigenvalue weighted by Crippen LogP contribution is -2.10. The molecule has 0 amide bonds. The molecule has 0 N–H and O–H groups in total. The average Bonchev–Trinajstić information content (AvgIpc) is 2.05. The Kier molecular flexibility index (Phi) is 1.92. The monoisotopic (exact) mass is 162 g/mol. The summed E-state index contributed by atoms with van der Waals surface area (Å²) in [7, 11) is 0. The Labute approximate surface area is 76.1 Å². The molecule has 1 aromatic carbocycles. The summed E-state index contributed by atoms with van der Waals surface area (Å²) < 4.78 is 0. The van der Waals surface area contributed by atoms with Gasteiger partial charge in [-0.05, 0) is 43.2 Å². The van der Waals surface area contributed by atoms with Crippen LogP contribution < -0.4 is 0 Å². The Morgan fingerprint density at radius 3 is 3.00 bits per heavy atom. The van der Waals surface area contributed by atoms with Crippen LogP contribution in [0.15, 0.2) is 18.2 Å². The van der Waals surface area contributed by atoms with E-state index in [2.05, 4.69) is 32.0 Å². The van der Waals surface area contributed by atoms with E-state index in [0.29, 0.717) is 0 Å². The van der Waals surface area contributed by atoms with E-state index in [-0.39, 0.29) is 1.43 Å². The Morgan fingerprint density at radius 2 is 2.17 bits per heavy atom. The number of rotatable bonds is 0. The fourth-order valence-electron chi connectivity index (χ4n) is 2.07. The first-order valence-electron chi connectivity index (χ1n) is 4.84. The molecule has 0 nitrogen and oxygen atoms in total. The fraction of sp³-hybridized carbons (Fsp3) is 0.500. The molecule has 0 heteroatoms. The van der Waals surface area contributed by atoms with Gasteiger partial charge in [-0.3, -0.25) is 0 Å². The maximum atomic E-state index is 2.35. The predicted octanol–water partition coefficient (Wildman–Crippen LogP) is 3.37. The minimum Gasteiger partial charge on any atom is -0.0622 e. The molecule has 2 rings (SSSR count). The van der Waals surface area contributed by atoms with Gasteiger partial charge in [0.05, 0.1) is 0 Å². The van der Waals surface area contributed by atoms with Gasteiger partial charge in [-0.1, -0.05) is 30.7 Å². The lowest BCUT2D eigenvalue weighted by Gasteiger charge is -2.21. The van der Waals surface area contributed by atoms with Crippen molar-refractivity contribution < 1.29 is 1.43 Å². The van der Waals surface area contributed by atoms with Crippen molar-refractivity contribution in [3.05, 3.63) is 34.9 Å². The van der Waals surface area contributed by atoms with Gasteiger partial charge in [-0.15, -0.1) is 0 Å². The third kappa shape index (κ3) is 1.38. The molecule has 0 radical (unpaired) electrons. The molecule has 1 unspecified atom stereocenters. The van der Waals surface area contributed by atoms with E-state index >= 15 is 0 Å². The Balaban J connectivity index is 0.000000845. The van der Waals surface area contributed by atoms with E-state index < -0.39 is 0 Å². The first-order chi connectivity index (χ1) is 5.75. The van der Waals surface area contributed by atoms with Crippen LogP contribution in [0.3, 0.4) is 0 Å². The third-order valence-corrected chi connectivity index (χ3v) is 2.84. The van der Waals surface area contributed by atoms with Crippen molar-refractivity contribution in [2.45, 2.75) is 33.1 Å². The first kappa shape index (κ1) is 7.85. The smallest absolute Gasteiger partial charge is 0 e. The zero-order valence-electron chi connectivity index (χ0n) is 7.93. The second-order valence-corrected chi connectivity index (χ2v) is 4.12. The molecule has 0 aromatic heterocycles. The summed E-state index contributed by atoms with van der Waals surface area (Å²) in [6.45, 7) is 4.53. The molecule has 0 fully saturated rings. The van der Waals surface area contributed by atoms with Gasteiger partial charge in [0.15, 0.2) is 0 Å². The second-order valence-electron chi connectivity index (χ2n) is 4.12. The molecule has 1 aliphatic carbocycles. The van der Waals surface area contributed by atoms with Crippen LogP contribution in [-0.2, 0) is 12.8 Å². The van der Waals surface area contributed by atoms with Gasteiger partial charge in [0, 0.05) is 1.43 Å². The van der Waals surface area contributed by atoms with E-state index in [1.807, 2.05) is 0 Å². The van der Waals surface area contributed by atoms with Crippen molar-refractivity contribution in [2.75, 3.05) is 0 Å². The molecule has 0 saturated carbocycles. The normalized spacial score (nSPS) is 22.0. The summed E-state index contributed by atoms with van der Waals surface area (Å²) >= 11 is 0. The van der Waals surface area contributed by atoms with Crippen molar-refractivity contribution in [1.82, 2.24) is 0 Å². The van der Waals surface area contributed by atoms with E-state index in [0.717, 1.165) is 5.92 Å². The molecule has 0 heterocycles. The van der Waals surface area contributed by atoms with Crippen molar-refractivity contribution in [3.63, 3.8) is 0 Å². The van der Waals surface area contributed by atoms with Crippen LogP contribution in [0.1, 0.15) is 31.5 Å². The SMILES string of the molecule is Cc1ccc2c(c1)CCC(C)C2.[HH]. The zero-order valence-corrected chi connectivity index (χ0v) is 7.93. The van der Waals surface area contributed by atoms with E-state index in [1.54, 1.807) is 11.1 Å². The van der Waals surface area contributed by atoms with Gasteiger partial charge in [0.1, 0.15) is 0 Å². The summed E-state index contributed by atoms with van der Waals surface area (Å²) in [5.41, 5.74) is 4.58. The molecule has 0 saturated heterocycles. The van der Waals surface area contributed by atoms with Crippen LogP contribution in [0, 0.1) is 12.8 Å². The van der Waals surface area contributed by atoms with Crippen molar-refractivity contribution in [2.24, 2.45) is 5.92 Å². The highest BCUT2D eigenvalue weighted by atomic mass is 14.2. The molecular formula is C12H18. The maximum absolute atomic E-state index is 2.35. The van der Waals surface area contributed by atoms with E-state index in [1.165, 1.54) is 24.8 Å². The van der Waals surface area contributed by atoms with E-state index in [9.17, 15) is 0 Å². The maximum Gasteiger partial charge on any atom is 0 e. The number of benzene rings is 1. The average molecular weight is 162 g/mol. The Hall–Kier alpha value is -0.780. The van der Waals surface area contributed by atoms with Gasteiger partial charge in [-0.25, -0.2) is 0 Å². The molecular weight excluding hydrogens is 144 g/mol. The molecule has 1 aromatic rings. The highest BCUT2D eigenvalue weighted by Gasteiger charge is 2.14. The second kappa shape index (κ2) is 2.93. The molecule has 66 valence electrons. The Morgan fingerprint density at radius 1 is 1.33 bits per heavy atom. The molecule has 0 aliphatic heterocycles. The molecule has 1 aliphatic rings. The highest BCUT2D eigenvalue weighted by molar-refractivity contribution is 5.33. The van der Waals surface area contributed by atoms with Crippen molar-refractivity contribution in [3.8, 4) is 0 Å². The molecule has 1 atom stereocenters. The first-order valence-corrected chi connectivity index (χ1v) is 4.84. The van der Waals surface area contributed by atoms with Crippen LogP contribution in [0.25, 0.3) is 0 Å². The standard InChI is InChI=1S/C12H16.H2/c1-9-3-5-12-8-10(2)4-6-11(12)7-9;/h3,5,7,10H,4,6,8H2,1-2H3;1H. The Bertz CT molecular complexity index is 291. The predicted molar refractivity (Wildman–Crippen MR) is 54.5 cm³/mol. The minimum absolute atomic E-state index is 0. The van der Waals surface area contributed by atoms with Crippen LogP contribution in [0.2, 0.25) is 0 Å². The number of aryl methyl sites for hydroxylation is 2. The van der Waals surface area contributed by atoms with Gasteiger partial charge < -0.3 is 0 Å². The molecule has 0 bridgehead atoms. The van der Waals surface area contributed by atoms with Crippen molar-refractivity contribution >= 4 is 0 Å². The van der Waals surface area contributed by atoms with Crippen molar-refractivity contribution in [1.29, 1.82) is 0 Å².